The number of hydrogen-bond donors (Lipinski definition) is 5. The first kappa shape index (κ1) is 48.7. The molecule has 0 aliphatic carbocycles. The lowest BCUT2D eigenvalue weighted by molar-refractivity contribution is 0.0741. The lowest BCUT2D eigenvalue weighted by Crippen LogP contribution is -2.35. The van der Waals surface area contributed by atoms with Crippen molar-refractivity contribution in [3.8, 4) is 22.3 Å². The van der Waals surface area contributed by atoms with Crippen molar-refractivity contribution in [3.63, 3.8) is 0 Å². The van der Waals surface area contributed by atoms with E-state index in [0.29, 0.717) is 59.2 Å². The van der Waals surface area contributed by atoms with Crippen LogP contribution in [0, 0.1) is 0 Å². The Hall–Kier alpha value is -7.95. The summed E-state index contributed by atoms with van der Waals surface area (Å²) in [5.74, 6) is -0.166. The molecule has 12 rings (SSSR count). The van der Waals surface area contributed by atoms with Gasteiger partial charge in [-0.05, 0) is 113 Å². The maximum Gasteiger partial charge on any atom is 0.273 e. The largest absolute Gasteiger partial charge is 0.393 e. The van der Waals surface area contributed by atoms with Gasteiger partial charge in [-0.2, -0.15) is 0 Å². The number of aromatic nitrogens is 4. The fraction of sp³-hybridized carbons (Fsp3) is 0.259. The molecule has 0 saturated carbocycles. The Bertz CT molecular complexity index is 3280. The molecule has 2 fully saturated rings. The van der Waals surface area contributed by atoms with Crippen molar-refractivity contribution in [1.29, 1.82) is 0 Å². The summed E-state index contributed by atoms with van der Waals surface area (Å²) in [6.45, 7) is 6.76. The monoisotopic (exact) mass is 974 g/mol. The summed E-state index contributed by atoms with van der Waals surface area (Å²) in [7, 11) is 0. The number of nitrogens with two attached hydrogens (primary N) is 2. The van der Waals surface area contributed by atoms with Gasteiger partial charge in [0.25, 0.3) is 11.8 Å². The van der Waals surface area contributed by atoms with Gasteiger partial charge in [-0.15, -0.1) is 0 Å². The number of piperidine rings is 2. The number of aliphatic hydroxyl groups is 2. The van der Waals surface area contributed by atoms with E-state index in [1.165, 1.54) is 5.56 Å². The summed E-state index contributed by atoms with van der Waals surface area (Å²) in [5.41, 5.74) is 23.9. The van der Waals surface area contributed by atoms with Gasteiger partial charge in [-0.1, -0.05) is 109 Å². The predicted octanol–water partition coefficient (Wildman–Crippen LogP) is 7.57. The lowest BCUT2D eigenvalue weighted by Gasteiger charge is -2.30. The zero-order valence-corrected chi connectivity index (χ0v) is 40.5. The zero-order chi connectivity index (χ0) is 50.4. The fourth-order valence-corrected chi connectivity index (χ4v) is 10.1. The molecule has 0 atom stereocenters. The molecule has 73 heavy (non-hydrogen) atoms. The van der Waals surface area contributed by atoms with Crippen molar-refractivity contribution < 1.29 is 24.6 Å². The van der Waals surface area contributed by atoms with Gasteiger partial charge in [0.2, 0.25) is 11.9 Å². The van der Waals surface area contributed by atoms with Crippen LogP contribution in [-0.4, -0.2) is 101 Å². The molecule has 2 amide bonds. The van der Waals surface area contributed by atoms with Crippen molar-refractivity contribution >= 4 is 51.8 Å². The van der Waals surface area contributed by atoms with Crippen molar-refractivity contribution in [1.82, 2.24) is 40.0 Å². The molecule has 15 heteroatoms. The van der Waals surface area contributed by atoms with Crippen LogP contribution in [0.3, 0.4) is 0 Å². The topological polar surface area (TPSA) is 217 Å². The third-order valence-corrected chi connectivity index (χ3v) is 14.1. The van der Waals surface area contributed by atoms with E-state index in [4.69, 9.17) is 16.6 Å². The summed E-state index contributed by atoms with van der Waals surface area (Å²) in [6, 6.07) is 43.3. The van der Waals surface area contributed by atoms with Gasteiger partial charge in [0.15, 0.2) is 6.29 Å². The molecule has 0 bridgehead atoms. The van der Waals surface area contributed by atoms with Crippen LogP contribution >= 0.6 is 0 Å². The number of likely N-dealkylation sites (tertiary alicyclic amines) is 1. The van der Waals surface area contributed by atoms with Crippen molar-refractivity contribution in [3.05, 3.63) is 178 Å². The van der Waals surface area contributed by atoms with E-state index in [2.05, 4.69) is 60.5 Å². The molecular formula is C58H58N10O5. The first-order valence-electron chi connectivity index (χ1n) is 24.9. The molecular weight excluding hydrogens is 917 g/mol. The fourth-order valence-electron chi connectivity index (χ4n) is 10.1. The molecule has 0 spiro atoms. The molecule has 0 unspecified atom stereocenters. The first-order valence-corrected chi connectivity index (χ1v) is 24.9. The van der Waals surface area contributed by atoms with Gasteiger partial charge in [0.1, 0.15) is 11.4 Å². The van der Waals surface area contributed by atoms with Crippen LogP contribution in [0.5, 0.6) is 0 Å². The van der Waals surface area contributed by atoms with E-state index in [1.54, 1.807) is 17.0 Å². The van der Waals surface area contributed by atoms with E-state index < -0.39 is 0 Å². The summed E-state index contributed by atoms with van der Waals surface area (Å²) in [6.07, 6.45) is 4.09. The third-order valence-electron chi connectivity index (χ3n) is 14.1. The highest BCUT2D eigenvalue weighted by atomic mass is 16.3. The Morgan fingerprint density at radius 2 is 1.00 bits per heavy atom. The van der Waals surface area contributed by atoms with E-state index in [1.807, 2.05) is 95.9 Å². The standard InChI is InChI=1S/C29H29N5O2.C24H18N4O2.C5H11NO/c30-29-31-26-10-9-19(24-8-4-3-7-22(24)16-33-13-11-23(35)12-14-33)15-25(26)27(32-29)28(36)34-17-20-5-1-2-6-21(20)18-34;25-24-26-21-10-9-15(19-8-4-3-7-18(19)14-29)11-20(21)22(27-24)23(30)28-12-16-5-1-2-6-17(16)13-28;7-5-1-3-6-4-2-5/h1-10,15,23,35H,11-14,16-18H2,(H2,30,31,32);1-11,14H,12-13H2,(H2,25,26,27);5-7H,1-4H2. The highest BCUT2D eigenvalue weighted by Crippen LogP contribution is 2.33. The summed E-state index contributed by atoms with van der Waals surface area (Å²) in [5, 5.41) is 23.2. The maximum atomic E-state index is 13.6. The smallest absolute Gasteiger partial charge is 0.273 e. The molecule has 2 aromatic heterocycles. The highest BCUT2D eigenvalue weighted by molar-refractivity contribution is 6.07. The van der Waals surface area contributed by atoms with Gasteiger partial charge in [-0.3, -0.25) is 19.3 Å². The van der Waals surface area contributed by atoms with Crippen LogP contribution in [-0.2, 0) is 32.7 Å². The molecule has 2 saturated heterocycles. The summed E-state index contributed by atoms with van der Waals surface area (Å²) in [4.78, 5) is 61.8. The second-order valence-corrected chi connectivity index (χ2v) is 19.0. The molecule has 8 aromatic rings. The summed E-state index contributed by atoms with van der Waals surface area (Å²) < 4.78 is 0. The Morgan fingerprint density at radius 1 is 0.562 bits per heavy atom. The minimum atomic E-state index is -0.191. The van der Waals surface area contributed by atoms with Gasteiger partial charge < -0.3 is 36.8 Å². The number of fused-ring (bicyclic) bond motifs is 4. The van der Waals surface area contributed by atoms with Crippen LogP contribution in [0.4, 0.5) is 11.9 Å². The van der Waals surface area contributed by atoms with Gasteiger partial charge in [0, 0.05) is 62.1 Å². The molecule has 4 aliphatic rings. The Labute approximate surface area is 423 Å². The Kier molecular flexibility index (Phi) is 14.5. The number of nitrogens with one attached hydrogen (secondary N) is 1. The SMILES string of the molecule is Nc1nc(C(=O)N2Cc3ccccc3C2)c2cc(-c3ccccc3C=O)ccc2n1.Nc1nc(C(=O)N2Cc3ccccc3C2)c2cc(-c3ccccc3CN3CCC(O)CC3)ccc2n1.OC1CCNCC1. The van der Waals surface area contributed by atoms with Crippen LogP contribution < -0.4 is 16.8 Å². The number of nitrogens with zero attached hydrogens (tertiary/aromatic N) is 7. The molecule has 7 N–H and O–H groups in total. The molecule has 15 nitrogen and oxygen atoms in total. The van der Waals surface area contributed by atoms with E-state index in [9.17, 15) is 19.5 Å². The number of anilines is 2. The number of rotatable bonds is 7. The predicted molar refractivity (Wildman–Crippen MR) is 283 cm³/mol. The van der Waals surface area contributed by atoms with Gasteiger partial charge in [0.05, 0.1) is 23.2 Å². The van der Waals surface area contributed by atoms with Crippen LogP contribution in [0.1, 0.15) is 84.8 Å². The van der Waals surface area contributed by atoms with Gasteiger partial charge in [-0.25, -0.2) is 19.9 Å². The van der Waals surface area contributed by atoms with Crippen LogP contribution in [0.15, 0.2) is 133 Å². The number of aldehydes is 1. The third kappa shape index (κ3) is 11.0. The minimum Gasteiger partial charge on any atom is -0.393 e. The summed E-state index contributed by atoms with van der Waals surface area (Å²) >= 11 is 0. The number of amides is 2. The maximum absolute atomic E-state index is 13.6. The molecule has 4 aliphatic heterocycles. The zero-order valence-electron chi connectivity index (χ0n) is 40.5. The number of nitrogen functional groups attached to an aromatic ring is 2. The minimum absolute atomic E-state index is 0.0266. The highest BCUT2D eigenvalue weighted by Gasteiger charge is 2.29. The Balaban J connectivity index is 0.000000149. The number of aliphatic hydroxyl groups excluding tert-OH is 2. The number of carbonyl (C=O) groups is 3. The van der Waals surface area contributed by atoms with E-state index in [0.717, 1.165) is 109 Å². The van der Waals surface area contributed by atoms with Gasteiger partial charge >= 0.3 is 0 Å². The number of carbonyl (C=O) groups excluding carboxylic acids is 3. The number of benzene rings is 6. The second kappa shape index (κ2) is 21.8. The molecule has 0 radical (unpaired) electrons. The van der Waals surface area contributed by atoms with Crippen molar-refractivity contribution in [2.75, 3.05) is 37.6 Å². The number of hydrogen-bond acceptors (Lipinski definition) is 13. The molecule has 6 heterocycles. The average molecular weight is 975 g/mol. The first-order chi connectivity index (χ1) is 35.6. The normalized spacial score (nSPS) is 15.8. The Morgan fingerprint density at radius 3 is 1.48 bits per heavy atom. The second-order valence-electron chi connectivity index (χ2n) is 19.0. The average Bonchev–Trinajstić information content (AvgIpc) is 4.07. The lowest BCUT2D eigenvalue weighted by atomic mass is 9.96. The van der Waals surface area contributed by atoms with Crippen molar-refractivity contribution in [2.45, 2.75) is 70.6 Å². The molecule has 370 valence electrons. The van der Waals surface area contributed by atoms with Crippen LogP contribution in [0.2, 0.25) is 0 Å². The van der Waals surface area contributed by atoms with Crippen molar-refractivity contribution in [2.24, 2.45) is 0 Å². The van der Waals surface area contributed by atoms with E-state index in [-0.39, 0.29) is 41.6 Å². The van der Waals surface area contributed by atoms with Crippen LogP contribution in [0.25, 0.3) is 44.1 Å². The van der Waals surface area contributed by atoms with E-state index >= 15 is 0 Å². The quantitative estimate of drug-likeness (QED) is 0.0976. The molecule has 6 aromatic carbocycles.